The van der Waals surface area contributed by atoms with Crippen LogP contribution in [0.15, 0.2) is 34.1 Å². The summed E-state index contributed by atoms with van der Waals surface area (Å²) in [7, 11) is 1.62. The van der Waals surface area contributed by atoms with E-state index < -0.39 is 0 Å². The van der Waals surface area contributed by atoms with Crippen LogP contribution in [0.3, 0.4) is 0 Å². The summed E-state index contributed by atoms with van der Waals surface area (Å²) in [6.07, 6.45) is 0. The number of carbonyl (C=O) groups excluding carboxylic acids is 1. The zero-order valence-corrected chi connectivity index (χ0v) is 11.9. The largest absolute Gasteiger partial charge is 0.497 e. The number of halogens is 1. The fraction of sp³-hybridized carbons (Fsp3) is 0.154. The number of ether oxygens (including phenoxy) is 1. The average molecular weight is 311 g/mol. The molecule has 0 amide bonds. The Bertz CT molecular complexity index is 560. The number of benzene rings is 1. The third kappa shape index (κ3) is 2.42. The summed E-state index contributed by atoms with van der Waals surface area (Å²) in [4.78, 5) is 13.0. The molecule has 0 radical (unpaired) electrons. The van der Waals surface area contributed by atoms with Gasteiger partial charge >= 0.3 is 0 Å². The first-order chi connectivity index (χ1) is 8.13. The minimum Gasteiger partial charge on any atom is -0.497 e. The second-order valence-corrected chi connectivity index (χ2v) is 5.38. The van der Waals surface area contributed by atoms with Crippen LogP contribution < -0.4 is 4.74 Å². The molecule has 1 aromatic carbocycles. The number of hydrogen-bond donors (Lipinski definition) is 0. The molecule has 0 saturated heterocycles. The van der Waals surface area contributed by atoms with Gasteiger partial charge in [0.15, 0.2) is 0 Å². The topological polar surface area (TPSA) is 26.3 Å². The second kappa shape index (κ2) is 5.02. The Morgan fingerprint density at radius 3 is 2.65 bits per heavy atom. The van der Waals surface area contributed by atoms with E-state index in [-0.39, 0.29) is 5.78 Å². The van der Waals surface area contributed by atoms with Crippen molar-refractivity contribution in [2.75, 3.05) is 7.11 Å². The van der Waals surface area contributed by atoms with Crippen molar-refractivity contribution in [3.05, 3.63) is 50.1 Å². The van der Waals surface area contributed by atoms with Crippen LogP contribution in [0.25, 0.3) is 0 Å². The zero-order valence-electron chi connectivity index (χ0n) is 9.49. The van der Waals surface area contributed by atoms with Crippen LogP contribution in [0.5, 0.6) is 5.75 Å². The van der Waals surface area contributed by atoms with Crippen molar-refractivity contribution in [3.8, 4) is 5.75 Å². The molecule has 0 atom stereocenters. The fourth-order valence-electron chi connectivity index (χ4n) is 1.60. The minimum atomic E-state index is 0.0482. The molecule has 0 bridgehead atoms. The lowest BCUT2D eigenvalue weighted by molar-refractivity contribution is 0.104. The van der Waals surface area contributed by atoms with Gasteiger partial charge in [-0.05, 0) is 58.1 Å². The van der Waals surface area contributed by atoms with Crippen molar-refractivity contribution in [1.29, 1.82) is 0 Å². The number of hydrogen-bond acceptors (Lipinski definition) is 3. The molecule has 0 N–H and O–H groups in total. The van der Waals surface area contributed by atoms with E-state index in [2.05, 4.69) is 15.9 Å². The highest BCUT2D eigenvalue weighted by Gasteiger charge is 2.16. The van der Waals surface area contributed by atoms with E-state index in [0.717, 1.165) is 20.7 Å². The van der Waals surface area contributed by atoms with Crippen molar-refractivity contribution >= 4 is 33.0 Å². The van der Waals surface area contributed by atoms with Gasteiger partial charge in [0.05, 0.1) is 12.0 Å². The third-order valence-electron chi connectivity index (χ3n) is 2.50. The Hall–Kier alpha value is -1.13. The molecule has 4 heteroatoms. The summed E-state index contributed by atoms with van der Waals surface area (Å²) >= 11 is 4.83. The first kappa shape index (κ1) is 12.3. The standard InChI is InChI=1S/C13H11BrO2S/c1-8-7-9(16-2)3-4-10(8)12(15)13-11(14)5-6-17-13/h3-7H,1-2H3. The number of ketones is 1. The SMILES string of the molecule is COc1ccc(C(=O)c2sccc2Br)c(C)c1. The van der Waals surface area contributed by atoms with E-state index in [1.807, 2.05) is 36.6 Å². The van der Waals surface area contributed by atoms with Gasteiger partial charge in [0.1, 0.15) is 5.75 Å². The quantitative estimate of drug-likeness (QED) is 0.799. The second-order valence-electron chi connectivity index (χ2n) is 3.61. The van der Waals surface area contributed by atoms with Crippen LogP contribution >= 0.6 is 27.3 Å². The normalized spacial score (nSPS) is 10.3. The molecule has 2 rings (SSSR count). The zero-order chi connectivity index (χ0) is 12.4. The van der Waals surface area contributed by atoms with Gasteiger partial charge in [0, 0.05) is 10.0 Å². The van der Waals surface area contributed by atoms with Gasteiger partial charge in [-0.2, -0.15) is 0 Å². The van der Waals surface area contributed by atoms with Gasteiger partial charge in [-0.3, -0.25) is 4.79 Å². The Kier molecular flexibility index (Phi) is 3.64. The first-order valence-electron chi connectivity index (χ1n) is 5.06. The number of thiophene rings is 1. The summed E-state index contributed by atoms with van der Waals surface area (Å²) in [5, 5.41) is 1.90. The Balaban J connectivity index is 2.41. The lowest BCUT2D eigenvalue weighted by Crippen LogP contribution is -2.02. The fourth-order valence-corrected chi connectivity index (χ4v) is 3.10. The summed E-state index contributed by atoms with van der Waals surface area (Å²) in [6.45, 7) is 1.91. The van der Waals surface area contributed by atoms with E-state index in [9.17, 15) is 4.79 Å². The Labute approximate surface area is 112 Å². The van der Waals surface area contributed by atoms with Crippen LogP contribution in [-0.4, -0.2) is 12.9 Å². The van der Waals surface area contributed by atoms with Crippen molar-refractivity contribution < 1.29 is 9.53 Å². The Morgan fingerprint density at radius 1 is 1.35 bits per heavy atom. The summed E-state index contributed by atoms with van der Waals surface area (Å²) < 4.78 is 5.98. The van der Waals surface area contributed by atoms with Crippen LogP contribution in [-0.2, 0) is 0 Å². The highest BCUT2D eigenvalue weighted by Crippen LogP contribution is 2.27. The number of rotatable bonds is 3. The van der Waals surface area contributed by atoms with E-state index in [1.54, 1.807) is 7.11 Å². The molecule has 0 saturated carbocycles. The molecule has 17 heavy (non-hydrogen) atoms. The summed E-state index contributed by atoms with van der Waals surface area (Å²) in [6, 6.07) is 7.37. The lowest BCUT2D eigenvalue weighted by Gasteiger charge is -2.06. The van der Waals surface area contributed by atoms with Crippen LogP contribution in [0, 0.1) is 6.92 Å². The maximum atomic E-state index is 12.3. The molecule has 2 aromatic rings. The third-order valence-corrected chi connectivity index (χ3v) is 4.34. The molecule has 2 nitrogen and oxygen atoms in total. The van der Waals surface area contributed by atoms with Crippen molar-refractivity contribution in [1.82, 2.24) is 0 Å². The summed E-state index contributed by atoms with van der Waals surface area (Å²) in [5.41, 5.74) is 1.64. The van der Waals surface area contributed by atoms with E-state index in [4.69, 9.17) is 4.74 Å². The highest BCUT2D eigenvalue weighted by atomic mass is 79.9. The van der Waals surface area contributed by atoms with E-state index in [0.29, 0.717) is 5.56 Å². The van der Waals surface area contributed by atoms with Gasteiger partial charge in [0.25, 0.3) is 0 Å². The number of carbonyl (C=O) groups is 1. The van der Waals surface area contributed by atoms with Crippen molar-refractivity contribution in [2.24, 2.45) is 0 Å². The highest BCUT2D eigenvalue weighted by molar-refractivity contribution is 9.10. The van der Waals surface area contributed by atoms with Gasteiger partial charge in [0.2, 0.25) is 5.78 Å². The monoisotopic (exact) mass is 310 g/mol. The average Bonchev–Trinajstić information content (AvgIpc) is 2.74. The number of methoxy groups -OCH3 is 1. The lowest BCUT2D eigenvalue weighted by atomic mass is 10.0. The Morgan fingerprint density at radius 2 is 2.12 bits per heavy atom. The molecule has 0 unspecified atom stereocenters. The van der Waals surface area contributed by atoms with Crippen LogP contribution in [0.4, 0.5) is 0 Å². The van der Waals surface area contributed by atoms with Crippen molar-refractivity contribution in [3.63, 3.8) is 0 Å². The molecule has 1 aromatic heterocycles. The van der Waals surface area contributed by atoms with Gasteiger partial charge in [-0.15, -0.1) is 11.3 Å². The van der Waals surface area contributed by atoms with Crippen LogP contribution in [0.2, 0.25) is 0 Å². The van der Waals surface area contributed by atoms with Crippen LogP contribution in [0.1, 0.15) is 20.8 Å². The first-order valence-corrected chi connectivity index (χ1v) is 6.73. The smallest absolute Gasteiger partial charge is 0.204 e. The molecular formula is C13H11BrO2S. The number of aryl methyl sites for hydroxylation is 1. The molecule has 88 valence electrons. The van der Waals surface area contributed by atoms with E-state index in [1.165, 1.54) is 11.3 Å². The maximum absolute atomic E-state index is 12.3. The minimum absolute atomic E-state index is 0.0482. The molecule has 0 aliphatic rings. The molecular weight excluding hydrogens is 300 g/mol. The van der Waals surface area contributed by atoms with Gasteiger partial charge < -0.3 is 4.74 Å². The maximum Gasteiger partial charge on any atom is 0.204 e. The van der Waals surface area contributed by atoms with Crippen molar-refractivity contribution in [2.45, 2.75) is 6.92 Å². The molecule has 0 aliphatic heterocycles. The molecule has 0 spiro atoms. The van der Waals surface area contributed by atoms with Gasteiger partial charge in [-0.25, -0.2) is 0 Å². The summed E-state index contributed by atoms with van der Waals surface area (Å²) in [5.74, 6) is 0.816. The predicted molar refractivity (Wildman–Crippen MR) is 73.2 cm³/mol. The molecule has 0 aliphatic carbocycles. The van der Waals surface area contributed by atoms with E-state index >= 15 is 0 Å². The predicted octanol–water partition coefficient (Wildman–Crippen LogP) is 4.06. The molecule has 0 fully saturated rings. The molecule has 1 heterocycles. The van der Waals surface area contributed by atoms with Gasteiger partial charge in [-0.1, -0.05) is 0 Å².